The van der Waals surface area contributed by atoms with E-state index in [0.717, 1.165) is 45.3 Å². The van der Waals surface area contributed by atoms with Crippen LogP contribution in [0.5, 0.6) is 0 Å². The predicted octanol–water partition coefficient (Wildman–Crippen LogP) is 8.62. The standard InChI is InChI=1S/C36H32N6/c37-29-9-1-5-13-33(29)41(34-14-6-2-10-30(34)38)27-21-17-25(18-22-27)26-19-23-28(24-20-26)42(35-15-7-3-11-31(35)39)36-16-8-4-12-32(36)40/h1-24H,37-40H2. The van der Waals surface area contributed by atoms with Crippen molar-refractivity contribution < 1.29 is 0 Å². The van der Waals surface area contributed by atoms with Crippen molar-refractivity contribution in [2.24, 2.45) is 0 Å². The van der Waals surface area contributed by atoms with Gasteiger partial charge in [-0.05, 0) is 83.9 Å². The Bertz CT molecular complexity index is 1600. The molecule has 0 heterocycles. The first-order chi connectivity index (χ1) is 20.5. The van der Waals surface area contributed by atoms with Gasteiger partial charge >= 0.3 is 0 Å². The molecule has 6 rings (SSSR count). The van der Waals surface area contributed by atoms with E-state index in [4.69, 9.17) is 22.9 Å². The Labute approximate surface area is 246 Å². The van der Waals surface area contributed by atoms with Gasteiger partial charge in [0.25, 0.3) is 0 Å². The number of nitrogens with zero attached hydrogens (tertiary/aromatic N) is 2. The van der Waals surface area contributed by atoms with Crippen LogP contribution in [0.15, 0.2) is 146 Å². The van der Waals surface area contributed by atoms with Gasteiger partial charge in [-0.15, -0.1) is 0 Å². The van der Waals surface area contributed by atoms with Crippen molar-refractivity contribution in [1.29, 1.82) is 0 Å². The minimum Gasteiger partial charge on any atom is -0.397 e. The van der Waals surface area contributed by atoms with Crippen LogP contribution in [0.2, 0.25) is 0 Å². The molecule has 42 heavy (non-hydrogen) atoms. The lowest BCUT2D eigenvalue weighted by Crippen LogP contribution is -2.13. The van der Waals surface area contributed by atoms with E-state index in [9.17, 15) is 0 Å². The van der Waals surface area contributed by atoms with Gasteiger partial charge in [0.1, 0.15) is 0 Å². The van der Waals surface area contributed by atoms with Crippen molar-refractivity contribution >= 4 is 56.9 Å². The highest BCUT2D eigenvalue weighted by Gasteiger charge is 2.18. The molecular formula is C36H32N6. The highest BCUT2D eigenvalue weighted by Crippen LogP contribution is 2.42. The van der Waals surface area contributed by atoms with Crippen molar-refractivity contribution in [1.82, 2.24) is 0 Å². The van der Waals surface area contributed by atoms with Gasteiger partial charge in [-0.1, -0.05) is 72.8 Å². The first-order valence-electron chi connectivity index (χ1n) is 13.7. The van der Waals surface area contributed by atoms with Crippen LogP contribution >= 0.6 is 0 Å². The second-order valence-electron chi connectivity index (χ2n) is 10.00. The quantitative estimate of drug-likeness (QED) is 0.149. The zero-order valence-corrected chi connectivity index (χ0v) is 23.1. The van der Waals surface area contributed by atoms with Crippen LogP contribution in [-0.4, -0.2) is 0 Å². The second kappa shape index (κ2) is 11.3. The maximum absolute atomic E-state index is 6.41. The first kappa shape index (κ1) is 26.3. The van der Waals surface area contributed by atoms with E-state index in [1.165, 1.54) is 0 Å². The number of hydrogen-bond donors (Lipinski definition) is 4. The molecule has 0 radical (unpaired) electrons. The van der Waals surface area contributed by atoms with E-state index >= 15 is 0 Å². The van der Waals surface area contributed by atoms with Gasteiger partial charge in [-0.2, -0.15) is 0 Å². The van der Waals surface area contributed by atoms with Crippen molar-refractivity contribution in [3.8, 4) is 11.1 Å². The molecule has 0 amide bonds. The highest BCUT2D eigenvalue weighted by molar-refractivity contribution is 5.90. The molecule has 0 unspecified atom stereocenters. The molecule has 0 saturated heterocycles. The number of rotatable bonds is 7. The summed E-state index contributed by atoms with van der Waals surface area (Å²) in [6, 6.07) is 48.0. The Morgan fingerprint density at radius 3 is 0.762 bits per heavy atom. The summed E-state index contributed by atoms with van der Waals surface area (Å²) in [4.78, 5) is 4.17. The molecular weight excluding hydrogens is 516 g/mol. The molecule has 6 aromatic rings. The van der Waals surface area contributed by atoms with E-state index in [1.54, 1.807) is 0 Å². The SMILES string of the molecule is Nc1ccccc1N(c1ccc(-c2ccc(N(c3ccccc3N)c3ccccc3N)cc2)cc1)c1ccccc1N. The fraction of sp³-hybridized carbons (Fsp3) is 0. The van der Waals surface area contributed by atoms with Crippen LogP contribution in [0.4, 0.5) is 56.9 Å². The maximum atomic E-state index is 6.41. The fourth-order valence-corrected chi connectivity index (χ4v) is 5.19. The summed E-state index contributed by atoms with van der Waals surface area (Å²) < 4.78 is 0. The molecule has 0 atom stereocenters. The fourth-order valence-electron chi connectivity index (χ4n) is 5.19. The molecule has 0 aromatic heterocycles. The zero-order valence-electron chi connectivity index (χ0n) is 23.1. The lowest BCUT2D eigenvalue weighted by Gasteiger charge is -2.28. The number of hydrogen-bond acceptors (Lipinski definition) is 6. The lowest BCUT2D eigenvalue weighted by molar-refractivity contribution is 1.28. The predicted molar refractivity (Wildman–Crippen MR) is 179 cm³/mol. The van der Waals surface area contributed by atoms with E-state index < -0.39 is 0 Å². The number of benzene rings is 6. The van der Waals surface area contributed by atoms with Crippen LogP contribution in [-0.2, 0) is 0 Å². The molecule has 0 spiro atoms. The molecule has 0 aliphatic heterocycles. The van der Waals surface area contributed by atoms with Gasteiger partial charge in [-0.3, -0.25) is 0 Å². The van der Waals surface area contributed by atoms with Gasteiger partial charge < -0.3 is 32.7 Å². The van der Waals surface area contributed by atoms with E-state index in [1.807, 2.05) is 97.1 Å². The zero-order chi connectivity index (χ0) is 29.1. The molecule has 206 valence electrons. The van der Waals surface area contributed by atoms with Crippen molar-refractivity contribution in [3.63, 3.8) is 0 Å². The van der Waals surface area contributed by atoms with Gasteiger partial charge in [-0.25, -0.2) is 0 Å². The third-order valence-electron chi connectivity index (χ3n) is 7.29. The number of para-hydroxylation sites is 8. The molecule has 6 heteroatoms. The summed E-state index contributed by atoms with van der Waals surface area (Å²) >= 11 is 0. The lowest BCUT2D eigenvalue weighted by atomic mass is 10.0. The van der Waals surface area contributed by atoms with Gasteiger partial charge in [0, 0.05) is 11.4 Å². The molecule has 6 aromatic carbocycles. The molecule has 8 N–H and O–H groups in total. The average Bonchev–Trinajstić information content (AvgIpc) is 3.02. The van der Waals surface area contributed by atoms with Gasteiger partial charge in [0.2, 0.25) is 0 Å². The topological polar surface area (TPSA) is 111 Å². The minimum absolute atomic E-state index is 0.670. The van der Waals surface area contributed by atoms with Crippen molar-refractivity contribution in [3.05, 3.63) is 146 Å². The molecule has 0 aliphatic carbocycles. The second-order valence-corrected chi connectivity index (χ2v) is 10.00. The Balaban J connectivity index is 1.36. The molecule has 0 saturated carbocycles. The summed E-state index contributed by atoms with van der Waals surface area (Å²) in [5.41, 5.74) is 35.8. The third kappa shape index (κ3) is 5.05. The number of nitrogens with two attached hydrogens (primary N) is 4. The molecule has 6 nitrogen and oxygen atoms in total. The Morgan fingerprint density at radius 2 is 0.524 bits per heavy atom. The summed E-state index contributed by atoms with van der Waals surface area (Å²) in [5, 5.41) is 0. The Hall–Kier alpha value is -5.88. The van der Waals surface area contributed by atoms with Gasteiger partial charge in [0.05, 0.1) is 45.5 Å². The van der Waals surface area contributed by atoms with Crippen LogP contribution in [0.3, 0.4) is 0 Å². The third-order valence-corrected chi connectivity index (χ3v) is 7.29. The Morgan fingerprint density at radius 1 is 0.286 bits per heavy atom. The largest absolute Gasteiger partial charge is 0.397 e. The summed E-state index contributed by atoms with van der Waals surface area (Å²) in [7, 11) is 0. The van der Waals surface area contributed by atoms with Crippen LogP contribution in [0.1, 0.15) is 0 Å². The molecule has 0 bridgehead atoms. The minimum atomic E-state index is 0.670. The van der Waals surface area contributed by atoms with E-state index in [2.05, 4.69) is 58.3 Å². The summed E-state index contributed by atoms with van der Waals surface area (Å²) in [6.07, 6.45) is 0. The monoisotopic (exact) mass is 548 g/mol. The number of anilines is 10. The van der Waals surface area contributed by atoms with Crippen LogP contribution < -0.4 is 32.7 Å². The van der Waals surface area contributed by atoms with Crippen LogP contribution in [0, 0.1) is 0 Å². The molecule has 0 aliphatic rings. The molecule has 0 fully saturated rings. The number of nitrogen functional groups attached to an aromatic ring is 4. The first-order valence-corrected chi connectivity index (χ1v) is 13.7. The Kier molecular flexibility index (Phi) is 7.10. The summed E-state index contributed by atoms with van der Waals surface area (Å²) in [6.45, 7) is 0. The van der Waals surface area contributed by atoms with E-state index in [-0.39, 0.29) is 0 Å². The maximum Gasteiger partial charge on any atom is 0.0692 e. The van der Waals surface area contributed by atoms with E-state index in [0.29, 0.717) is 22.7 Å². The van der Waals surface area contributed by atoms with Gasteiger partial charge in [0.15, 0.2) is 0 Å². The highest BCUT2D eigenvalue weighted by atomic mass is 15.2. The normalized spacial score (nSPS) is 10.8. The average molecular weight is 549 g/mol. The van der Waals surface area contributed by atoms with Crippen molar-refractivity contribution in [2.75, 3.05) is 32.7 Å². The van der Waals surface area contributed by atoms with Crippen molar-refractivity contribution in [2.45, 2.75) is 0 Å². The smallest absolute Gasteiger partial charge is 0.0692 e. The summed E-state index contributed by atoms with van der Waals surface area (Å²) in [5.74, 6) is 0. The van der Waals surface area contributed by atoms with Crippen LogP contribution in [0.25, 0.3) is 11.1 Å².